The summed E-state index contributed by atoms with van der Waals surface area (Å²) in [6.45, 7) is 2.55. The van der Waals surface area contributed by atoms with E-state index in [0.717, 1.165) is 36.1 Å². The van der Waals surface area contributed by atoms with Crippen molar-refractivity contribution in [1.29, 1.82) is 0 Å². The van der Waals surface area contributed by atoms with Gasteiger partial charge >= 0.3 is 6.03 Å². The summed E-state index contributed by atoms with van der Waals surface area (Å²) in [6.07, 6.45) is 1.68. The molecule has 1 saturated heterocycles. The maximum atomic E-state index is 12.8. The summed E-state index contributed by atoms with van der Waals surface area (Å²) in [4.78, 5) is 16.1. The van der Waals surface area contributed by atoms with Crippen LogP contribution in [0.3, 0.4) is 0 Å². The van der Waals surface area contributed by atoms with Gasteiger partial charge in [0.1, 0.15) is 0 Å². The second kappa shape index (κ2) is 10.8. The number of urea groups is 1. The topological polar surface area (TPSA) is 69.7 Å². The number of likely N-dealkylation sites (tertiary alicyclic amines) is 1. The number of piperidine rings is 1. The molecule has 31 heavy (non-hydrogen) atoms. The molecule has 0 aliphatic carbocycles. The minimum Gasteiger partial charge on any atom is -0.337 e. The van der Waals surface area contributed by atoms with Crippen LogP contribution in [0.1, 0.15) is 18.4 Å². The van der Waals surface area contributed by atoms with E-state index in [1.165, 1.54) is 0 Å². The van der Waals surface area contributed by atoms with Gasteiger partial charge in [-0.2, -0.15) is 0 Å². The standard InChI is InChI=1S/C24H33N3O3S/c1-26(2)16-14-25-24(28)27-15-6-7-21(17-27)19-31(29,30)18-20-10-12-23(13-11-20)22-8-4-3-5-9-22/h3-5,8-13,21H,6-7,14-19H2,1-2H3,(H,25,28). The van der Waals surface area contributed by atoms with Crippen LogP contribution in [0.5, 0.6) is 0 Å². The van der Waals surface area contributed by atoms with Crippen molar-refractivity contribution in [2.24, 2.45) is 5.92 Å². The minimum atomic E-state index is -3.25. The zero-order chi connectivity index (χ0) is 22.3. The lowest BCUT2D eigenvalue weighted by Gasteiger charge is -2.32. The lowest BCUT2D eigenvalue weighted by atomic mass is 10.0. The lowest BCUT2D eigenvalue weighted by Crippen LogP contribution is -2.47. The molecule has 1 fully saturated rings. The highest BCUT2D eigenvalue weighted by molar-refractivity contribution is 7.90. The molecular formula is C24H33N3O3S. The van der Waals surface area contributed by atoms with E-state index in [0.29, 0.717) is 19.6 Å². The van der Waals surface area contributed by atoms with Gasteiger partial charge < -0.3 is 15.1 Å². The summed E-state index contributed by atoms with van der Waals surface area (Å²) in [6, 6.07) is 17.7. The molecule has 0 bridgehead atoms. The number of nitrogens with zero attached hydrogens (tertiary/aromatic N) is 2. The van der Waals surface area contributed by atoms with E-state index in [9.17, 15) is 13.2 Å². The van der Waals surface area contributed by atoms with Crippen molar-refractivity contribution < 1.29 is 13.2 Å². The molecule has 0 saturated carbocycles. The van der Waals surface area contributed by atoms with Gasteiger partial charge in [0.25, 0.3) is 0 Å². The molecule has 1 atom stereocenters. The van der Waals surface area contributed by atoms with Gasteiger partial charge in [0.05, 0.1) is 11.5 Å². The zero-order valence-electron chi connectivity index (χ0n) is 18.5. The summed E-state index contributed by atoms with van der Waals surface area (Å²) in [7, 11) is 0.669. The van der Waals surface area contributed by atoms with Crippen molar-refractivity contribution in [3.63, 3.8) is 0 Å². The smallest absolute Gasteiger partial charge is 0.317 e. The molecule has 0 radical (unpaired) electrons. The van der Waals surface area contributed by atoms with Crippen LogP contribution in [-0.2, 0) is 15.6 Å². The van der Waals surface area contributed by atoms with E-state index in [4.69, 9.17) is 0 Å². The third-order valence-corrected chi connectivity index (χ3v) is 7.33. The molecule has 3 rings (SSSR count). The van der Waals surface area contributed by atoms with Crippen molar-refractivity contribution in [2.75, 3.05) is 46.0 Å². The van der Waals surface area contributed by atoms with E-state index in [1.807, 2.05) is 73.6 Å². The first-order valence-electron chi connectivity index (χ1n) is 10.8. The summed E-state index contributed by atoms with van der Waals surface area (Å²) >= 11 is 0. The number of sulfone groups is 1. The molecule has 2 amide bonds. The molecule has 168 valence electrons. The first kappa shape index (κ1) is 23.3. The number of benzene rings is 2. The normalized spacial score (nSPS) is 17.0. The van der Waals surface area contributed by atoms with Crippen LogP contribution < -0.4 is 5.32 Å². The number of likely N-dealkylation sites (N-methyl/N-ethyl adjacent to an activating group) is 1. The van der Waals surface area contributed by atoms with E-state index in [-0.39, 0.29) is 23.5 Å². The van der Waals surface area contributed by atoms with Gasteiger partial charge in [-0.1, -0.05) is 54.6 Å². The van der Waals surface area contributed by atoms with Crippen LogP contribution in [0.4, 0.5) is 4.79 Å². The molecular weight excluding hydrogens is 410 g/mol. The van der Waals surface area contributed by atoms with Crippen molar-refractivity contribution in [2.45, 2.75) is 18.6 Å². The maximum absolute atomic E-state index is 12.8. The Kier molecular flexibility index (Phi) is 8.09. The van der Waals surface area contributed by atoms with Crippen molar-refractivity contribution in [3.05, 3.63) is 60.2 Å². The Morgan fingerprint density at radius 3 is 2.42 bits per heavy atom. The summed E-state index contributed by atoms with van der Waals surface area (Å²) in [5.41, 5.74) is 2.99. The highest BCUT2D eigenvalue weighted by Gasteiger charge is 2.27. The van der Waals surface area contributed by atoms with Crippen LogP contribution in [0.25, 0.3) is 11.1 Å². The van der Waals surface area contributed by atoms with E-state index in [1.54, 1.807) is 4.90 Å². The molecule has 6 nitrogen and oxygen atoms in total. The fraction of sp³-hybridized carbons (Fsp3) is 0.458. The van der Waals surface area contributed by atoms with Gasteiger partial charge in [-0.15, -0.1) is 0 Å². The molecule has 2 aromatic carbocycles. The minimum absolute atomic E-state index is 0.0121. The predicted molar refractivity (Wildman–Crippen MR) is 126 cm³/mol. The fourth-order valence-electron chi connectivity index (χ4n) is 3.98. The van der Waals surface area contributed by atoms with Gasteiger partial charge in [-0.3, -0.25) is 0 Å². The van der Waals surface area contributed by atoms with Crippen LogP contribution in [0.2, 0.25) is 0 Å². The Morgan fingerprint density at radius 1 is 1.06 bits per heavy atom. The number of hydrogen-bond donors (Lipinski definition) is 1. The number of amides is 2. The number of rotatable bonds is 8. The molecule has 1 aliphatic rings. The number of carbonyl (C=O) groups excluding carboxylic acids is 1. The van der Waals surface area contributed by atoms with Crippen LogP contribution in [0, 0.1) is 5.92 Å². The lowest BCUT2D eigenvalue weighted by molar-refractivity contribution is 0.169. The Bertz CT molecular complexity index is 944. The fourth-order valence-corrected chi connectivity index (χ4v) is 5.79. The molecule has 1 N–H and O–H groups in total. The molecule has 0 spiro atoms. The van der Waals surface area contributed by atoms with Crippen molar-refractivity contribution >= 4 is 15.9 Å². The quantitative estimate of drug-likeness (QED) is 0.680. The van der Waals surface area contributed by atoms with Gasteiger partial charge in [0.2, 0.25) is 0 Å². The molecule has 2 aromatic rings. The Labute approximate surface area is 186 Å². The second-order valence-electron chi connectivity index (χ2n) is 8.61. The van der Waals surface area contributed by atoms with Crippen LogP contribution in [0.15, 0.2) is 54.6 Å². The molecule has 0 aromatic heterocycles. The first-order chi connectivity index (χ1) is 14.8. The Hall–Kier alpha value is -2.38. The molecule has 1 aliphatic heterocycles. The van der Waals surface area contributed by atoms with Crippen LogP contribution in [-0.4, -0.2) is 70.3 Å². The molecule has 1 unspecified atom stereocenters. The van der Waals surface area contributed by atoms with E-state index in [2.05, 4.69) is 5.32 Å². The highest BCUT2D eigenvalue weighted by atomic mass is 32.2. The Balaban J connectivity index is 1.53. The average Bonchev–Trinajstić information content (AvgIpc) is 2.74. The number of carbonyl (C=O) groups is 1. The monoisotopic (exact) mass is 443 g/mol. The van der Waals surface area contributed by atoms with Crippen molar-refractivity contribution in [1.82, 2.24) is 15.1 Å². The second-order valence-corrected chi connectivity index (χ2v) is 10.7. The third kappa shape index (κ3) is 7.36. The molecule has 7 heteroatoms. The third-order valence-electron chi connectivity index (χ3n) is 5.58. The van der Waals surface area contributed by atoms with E-state index < -0.39 is 9.84 Å². The Morgan fingerprint density at radius 2 is 1.74 bits per heavy atom. The van der Waals surface area contributed by atoms with Gasteiger partial charge in [-0.25, -0.2) is 13.2 Å². The maximum Gasteiger partial charge on any atom is 0.317 e. The predicted octanol–water partition coefficient (Wildman–Crippen LogP) is 3.25. The summed E-state index contributed by atoms with van der Waals surface area (Å²) in [5.74, 6) is 0.143. The van der Waals surface area contributed by atoms with E-state index >= 15 is 0 Å². The zero-order valence-corrected chi connectivity index (χ0v) is 19.3. The number of nitrogens with one attached hydrogen (secondary N) is 1. The SMILES string of the molecule is CN(C)CCNC(=O)N1CCCC(CS(=O)(=O)Cc2ccc(-c3ccccc3)cc2)C1. The van der Waals surface area contributed by atoms with Crippen LogP contribution >= 0.6 is 0 Å². The first-order valence-corrected chi connectivity index (χ1v) is 12.7. The average molecular weight is 444 g/mol. The van der Waals surface area contributed by atoms with Gasteiger partial charge in [0.15, 0.2) is 9.84 Å². The largest absolute Gasteiger partial charge is 0.337 e. The highest BCUT2D eigenvalue weighted by Crippen LogP contribution is 2.22. The van der Waals surface area contributed by atoms with Gasteiger partial charge in [-0.05, 0) is 49.5 Å². The summed E-state index contributed by atoms with van der Waals surface area (Å²) in [5, 5.41) is 2.92. The summed E-state index contributed by atoms with van der Waals surface area (Å²) < 4.78 is 25.6. The number of hydrogen-bond acceptors (Lipinski definition) is 4. The van der Waals surface area contributed by atoms with Crippen molar-refractivity contribution in [3.8, 4) is 11.1 Å². The van der Waals surface area contributed by atoms with Gasteiger partial charge in [0, 0.05) is 26.2 Å². The molecule has 1 heterocycles.